The molecule has 0 bridgehead atoms. The smallest absolute Gasteiger partial charge is 0.135 e. The Bertz CT molecular complexity index is 2600. The van der Waals surface area contributed by atoms with E-state index in [4.69, 9.17) is 4.42 Å². The van der Waals surface area contributed by atoms with E-state index >= 15 is 0 Å². The lowest BCUT2D eigenvalue weighted by molar-refractivity contribution is 0.662. The third-order valence-corrected chi connectivity index (χ3v) is 9.38. The Labute approximate surface area is 247 Å². The quantitative estimate of drug-likeness (QED) is 0.156. The zero-order chi connectivity index (χ0) is 28.1. The second kappa shape index (κ2) is 8.44. The van der Waals surface area contributed by atoms with Gasteiger partial charge in [0, 0.05) is 16.2 Å². The first-order valence-electron chi connectivity index (χ1n) is 14.9. The Balaban J connectivity index is 1.52. The number of rotatable bonds is 2. The van der Waals surface area contributed by atoms with E-state index in [0.29, 0.717) is 0 Å². The van der Waals surface area contributed by atoms with Crippen LogP contribution in [0.1, 0.15) is 0 Å². The Kier molecular flexibility index (Phi) is 4.51. The predicted molar refractivity (Wildman–Crippen MR) is 183 cm³/mol. The molecule has 198 valence electrons. The van der Waals surface area contributed by atoms with Crippen molar-refractivity contribution in [2.45, 2.75) is 0 Å². The highest BCUT2D eigenvalue weighted by molar-refractivity contribution is 6.43. The zero-order valence-corrected chi connectivity index (χ0v) is 23.3. The van der Waals surface area contributed by atoms with Crippen molar-refractivity contribution in [3.63, 3.8) is 0 Å². The molecule has 0 saturated carbocycles. The van der Waals surface area contributed by atoms with E-state index in [-0.39, 0.29) is 0 Å². The normalized spacial score (nSPS) is 12.2. The fourth-order valence-electron chi connectivity index (χ4n) is 7.69. The molecule has 0 N–H and O–H groups in total. The van der Waals surface area contributed by atoms with Crippen LogP contribution in [0, 0.1) is 0 Å². The minimum absolute atomic E-state index is 0.922. The summed E-state index contributed by atoms with van der Waals surface area (Å²) < 4.78 is 6.70. The second-order valence-corrected chi connectivity index (χ2v) is 11.6. The Hall–Kier alpha value is -5.66. The first-order valence-corrected chi connectivity index (χ1v) is 14.9. The number of fused-ring (bicyclic) bond motifs is 8. The summed E-state index contributed by atoms with van der Waals surface area (Å²) in [5, 5.41) is 15.1. The third kappa shape index (κ3) is 3.01. The molecule has 0 saturated heterocycles. The Morgan fingerprint density at radius 3 is 1.37 bits per heavy atom. The lowest BCUT2D eigenvalue weighted by atomic mass is 9.86. The molecule has 0 unspecified atom stereocenters. The topological polar surface area (TPSA) is 13.1 Å². The van der Waals surface area contributed by atoms with E-state index in [0.717, 1.165) is 11.2 Å². The van der Waals surface area contributed by atoms with Crippen LogP contribution >= 0.6 is 0 Å². The van der Waals surface area contributed by atoms with E-state index in [2.05, 4.69) is 146 Å². The molecular formula is C42H24O. The summed E-state index contributed by atoms with van der Waals surface area (Å²) in [6.07, 6.45) is 0. The van der Waals surface area contributed by atoms with Crippen LogP contribution in [-0.2, 0) is 0 Å². The van der Waals surface area contributed by atoms with Gasteiger partial charge in [0.25, 0.3) is 0 Å². The molecule has 0 radical (unpaired) electrons. The molecule has 10 aromatic rings. The van der Waals surface area contributed by atoms with Gasteiger partial charge in [-0.25, -0.2) is 0 Å². The molecule has 0 aliphatic heterocycles. The lowest BCUT2D eigenvalue weighted by Crippen LogP contribution is -1.89. The third-order valence-electron chi connectivity index (χ3n) is 9.38. The van der Waals surface area contributed by atoms with Crippen molar-refractivity contribution >= 4 is 75.8 Å². The Morgan fingerprint density at radius 2 is 0.744 bits per heavy atom. The predicted octanol–water partition coefficient (Wildman–Crippen LogP) is 12.1. The highest BCUT2D eigenvalue weighted by atomic mass is 16.3. The number of hydrogen-bond donors (Lipinski definition) is 0. The molecule has 0 aliphatic carbocycles. The molecule has 10 rings (SSSR count). The van der Waals surface area contributed by atoms with E-state index < -0.39 is 0 Å². The van der Waals surface area contributed by atoms with Crippen LogP contribution in [0.2, 0.25) is 0 Å². The summed E-state index contributed by atoms with van der Waals surface area (Å²) in [5.41, 5.74) is 6.91. The SMILES string of the molecule is c1ccc(-c2c3ccccc3c(-c3ccccc3)c3c4ccc5c6c(ccc7ccccc76)oc6ccc(c23)c4c65)cc1. The molecule has 43 heavy (non-hydrogen) atoms. The minimum atomic E-state index is 0.922. The van der Waals surface area contributed by atoms with Crippen molar-refractivity contribution < 1.29 is 4.42 Å². The van der Waals surface area contributed by atoms with E-state index in [1.54, 1.807) is 0 Å². The maximum absolute atomic E-state index is 6.70. The van der Waals surface area contributed by atoms with Crippen LogP contribution in [0.15, 0.2) is 150 Å². The monoisotopic (exact) mass is 544 g/mol. The lowest BCUT2D eigenvalue weighted by Gasteiger charge is -2.16. The van der Waals surface area contributed by atoms with Gasteiger partial charge in [-0.05, 0) is 88.9 Å². The number of hydrogen-bond acceptors (Lipinski definition) is 1. The van der Waals surface area contributed by atoms with Crippen molar-refractivity contribution in [1.82, 2.24) is 0 Å². The van der Waals surface area contributed by atoms with Crippen molar-refractivity contribution in [2.75, 3.05) is 0 Å². The summed E-state index contributed by atoms with van der Waals surface area (Å²) in [7, 11) is 0. The number of benzene rings is 8. The fraction of sp³-hybridized carbons (Fsp3) is 0. The summed E-state index contributed by atoms with van der Waals surface area (Å²) in [6.45, 7) is 0. The first-order chi connectivity index (χ1) is 21.4. The van der Waals surface area contributed by atoms with E-state index in [1.165, 1.54) is 86.9 Å². The van der Waals surface area contributed by atoms with Gasteiger partial charge in [-0.3, -0.25) is 0 Å². The largest absolute Gasteiger partial charge is 0.456 e. The van der Waals surface area contributed by atoms with E-state index in [1.807, 2.05) is 0 Å². The van der Waals surface area contributed by atoms with Crippen LogP contribution in [0.25, 0.3) is 98.1 Å². The molecule has 9 aromatic carbocycles. The molecule has 0 fully saturated rings. The van der Waals surface area contributed by atoms with Gasteiger partial charge in [0.15, 0.2) is 0 Å². The molecule has 0 amide bonds. The fourth-order valence-corrected chi connectivity index (χ4v) is 7.69. The first kappa shape index (κ1) is 23.0. The molecule has 0 atom stereocenters. The molecule has 1 nitrogen and oxygen atoms in total. The van der Waals surface area contributed by atoms with Crippen molar-refractivity contribution in [3.8, 4) is 22.3 Å². The molecule has 0 aliphatic rings. The maximum Gasteiger partial charge on any atom is 0.135 e. The van der Waals surface area contributed by atoms with Crippen molar-refractivity contribution in [2.24, 2.45) is 0 Å². The summed E-state index contributed by atoms with van der Waals surface area (Å²) in [5.74, 6) is 0. The molecule has 0 spiro atoms. The van der Waals surface area contributed by atoms with Crippen molar-refractivity contribution in [1.29, 1.82) is 0 Å². The molecular weight excluding hydrogens is 520 g/mol. The standard InChI is InChI=1S/C42H24O/c1-3-12-26(13-4-1)36-29-17-9-10-18-30(29)37(27-14-5-2-6-15-27)42-33-22-24-35-40-31(20-21-32(39(33)40)41(36)42)38-28-16-8-7-11-25(28)19-23-34(38)43-35/h1-24H. The highest BCUT2D eigenvalue weighted by Gasteiger charge is 2.25. The van der Waals surface area contributed by atoms with Gasteiger partial charge in [0.05, 0.1) is 0 Å². The summed E-state index contributed by atoms with van der Waals surface area (Å²) >= 11 is 0. The average molecular weight is 545 g/mol. The zero-order valence-electron chi connectivity index (χ0n) is 23.3. The van der Waals surface area contributed by atoms with Gasteiger partial charge in [0.2, 0.25) is 0 Å². The maximum atomic E-state index is 6.70. The van der Waals surface area contributed by atoms with Gasteiger partial charge in [-0.15, -0.1) is 0 Å². The van der Waals surface area contributed by atoms with Gasteiger partial charge < -0.3 is 4.42 Å². The van der Waals surface area contributed by atoms with Crippen LogP contribution in [-0.4, -0.2) is 0 Å². The summed E-state index contributed by atoms with van der Waals surface area (Å²) in [6, 6.07) is 52.8. The van der Waals surface area contributed by atoms with Crippen LogP contribution in [0.3, 0.4) is 0 Å². The summed E-state index contributed by atoms with van der Waals surface area (Å²) in [4.78, 5) is 0. The van der Waals surface area contributed by atoms with Crippen LogP contribution < -0.4 is 0 Å². The second-order valence-electron chi connectivity index (χ2n) is 11.6. The Morgan fingerprint density at radius 1 is 0.279 bits per heavy atom. The van der Waals surface area contributed by atoms with Gasteiger partial charge >= 0.3 is 0 Å². The molecule has 1 heterocycles. The van der Waals surface area contributed by atoms with E-state index in [9.17, 15) is 0 Å². The van der Waals surface area contributed by atoms with Gasteiger partial charge in [-0.2, -0.15) is 0 Å². The highest BCUT2D eigenvalue weighted by Crippen LogP contribution is 2.53. The van der Waals surface area contributed by atoms with Gasteiger partial charge in [-0.1, -0.05) is 127 Å². The van der Waals surface area contributed by atoms with Crippen LogP contribution in [0.5, 0.6) is 0 Å². The minimum Gasteiger partial charge on any atom is -0.456 e. The van der Waals surface area contributed by atoms with Gasteiger partial charge in [0.1, 0.15) is 11.2 Å². The van der Waals surface area contributed by atoms with Crippen LogP contribution in [0.4, 0.5) is 0 Å². The average Bonchev–Trinajstić information content (AvgIpc) is 3.41. The molecule has 1 aromatic heterocycles. The van der Waals surface area contributed by atoms with Crippen molar-refractivity contribution in [3.05, 3.63) is 146 Å². The molecule has 1 heteroatoms.